The molecule has 1 N–H and O–H groups in total. The van der Waals surface area contributed by atoms with Crippen LogP contribution in [0.3, 0.4) is 0 Å². The van der Waals surface area contributed by atoms with E-state index >= 15 is 0 Å². The van der Waals surface area contributed by atoms with Crippen LogP contribution < -0.4 is 4.72 Å². The van der Waals surface area contributed by atoms with Crippen LogP contribution in [-0.2, 0) is 22.9 Å². The van der Waals surface area contributed by atoms with E-state index < -0.39 is 10.0 Å². The van der Waals surface area contributed by atoms with Crippen LogP contribution in [0.5, 0.6) is 0 Å². The van der Waals surface area contributed by atoms with Gasteiger partial charge >= 0.3 is 0 Å². The molecule has 2 unspecified atom stereocenters. The van der Waals surface area contributed by atoms with Crippen molar-refractivity contribution in [1.29, 1.82) is 0 Å². The van der Waals surface area contributed by atoms with E-state index in [1.54, 1.807) is 6.07 Å². The molecule has 1 fully saturated rings. The smallest absolute Gasteiger partial charge is 0.207 e. The zero-order valence-corrected chi connectivity index (χ0v) is 16.8. The molecule has 24 heavy (non-hydrogen) atoms. The number of nitrogens with one attached hydrogen (secondary N) is 1. The summed E-state index contributed by atoms with van der Waals surface area (Å²) in [4.78, 5) is 0. The van der Waals surface area contributed by atoms with Gasteiger partial charge in [0.2, 0.25) is 0 Å². The molecule has 0 amide bonds. The molecule has 4 rings (SSSR count). The number of halogens is 2. The first-order valence-corrected chi connectivity index (χ1v) is 11.4. The van der Waals surface area contributed by atoms with Gasteiger partial charge in [0, 0.05) is 6.04 Å². The first kappa shape index (κ1) is 17.0. The highest BCUT2D eigenvalue weighted by Gasteiger charge is 2.41. The fourth-order valence-electron chi connectivity index (χ4n) is 4.08. The first-order chi connectivity index (χ1) is 11.4. The van der Waals surface area contributed by atoms with Crippen LogP contribution >= 0.6 is 38.9 Å². The van der Waals surface area contributed by atoms with Crippen molar-refractivity contribution in [2.24, 2.45) is 11.8 Å². The molecule has 0 saturated heterocycles. The molecule has 2 atom stereocenters. The van der Waals surface area contributed by atoms with E-state index in [9.17, 15) is 8.42 Å². The fraction of sp³-hybridized carbons (Fsp3) is 0.412. The van der Waals surface area contributed by atoms with Gasteiger partial charge in [0.1, 0.15) is 0 Å². The summed E-state index contributed by atoms with van der Waals surface area (Å²) in [6, 6.07) is 10.1. The number of fused-ring (bicyclic) bond motifs is 3. The summed E-state index contributed by atoms with van der Waals surface area (Å²) in [5.74, 6) is 0.727. The lowest BCUT2D eigenvalue weighted by atomic mass is 9.94. The topological polar surface area (TPSA) is 46.2 Å². The Bertz CT molecular complexity index is 847. The summed E-state index contributed by atoms with van der Waals surface area (Å²) in [6.45, 7) is 0. The van der Waals surface area contributed by atoms with Gasteiger partial charge in [-0.25, -0.2) is 13.1 Å². The Labute approximate surface area is 159 Å². The molecule has 1 aromatic carbocycles. The van der Waals surface area contributed by atoms with Crippen LogP contribution in [0.25, 0.3) is 0 Å². The number of sulfonamides is 1. The van der Waals surface area contributed by atoms with Crippen molar-refractivity contribution in [3.8, 4) is 0 Å². The van der Waals surface area contributed by atoms with E-state index in [0.717, 1.165) is 37.0 Å². The van der Waals surface area contributed by atoms with Gasteiger partial charge in [-0.3, -0.25) is 0 Å². The van der Waals surface area contributed by atoms with Gasteiger partial charge in [-0.2, -0.15) is 0 Å². The van der Waals surface area contributed by atoms with Crippen molar-refractivity contribution in [2.45, 2.75) is 35.9 Å². The molecule has 1 aromatic heterocycles. The standard InChI is InChI=1S/C17H17BrClNO2S2/c18-14-9-15(19)23-17(14)24(21,22)20-16-12-5-6-13(16)8-11-4-2-1-3-10(11)7-12/h1-4,9,12-13,16,20H,5-8H2. The van der Waals surface area contributed by atoms with Crippen molar-refractivity contribution in [2.75, 3.05) is 0 Å². The number of benzene rings is 1. The summed E-state index contributed by atoms with van der Waals surface area (Å²) >= 11 is 10.4. The van der Waals surface area contributed by atoms with Crippen molar-refractivity contribution in [3.63, 3.8) is 0 Å². The molecule has 1 heterocycles. The van der Waals surface area contributed by atoms with E-state index in [-0.39, 0.29) is 10.3 Å². The fourth-order valence-corrected chi connectivity index (χ4v) is 8.49. The average molecular weight is 447 g/mol. The predicted molar refractivity (Wildman–Crippen MR) is 101 cm³/mol. The summed E-state index contributed by atoms with van der Waals surface area (Å²) < 4.78 is 30.0. The second kappa shape index (κ2) is 6.40. The number of rotatable bonds is 3. The van der Waals surface area contributed by atoms with Crippen LogP contribution in [0.1, 0.15) is 24.0 Å². The predicted octanol–water partition coefficient (Wildman–Crippen LogP) is 4.64. The number of hydrogen-bond acceptors (Lipinski definition) is 3. The molecule has 0 aliphatic heterocycles. The molecule has 7 heteroatoms. The molecule has 2 aliphatic rings. The van der Waals surface area contributed by atoms with Gasteiger partial charge in [0.15, 0.2) is 4.21 Å². The van der Waals surface area contributed by atoms with Crippen LogP contribution in [0.15, 0.2) is 39.0 Å². The van der Waals surface area contributed by atoms with Gasteiger partial charge in [0.05, 0.1) is 8.81 Å². The van der Waals surface area contributed by atoms with Crippen LogP contribution in [0.4, 0.5) is 0 Å². The highest BCUT2D eigenvalue weighted by Crippen LogP contribution is 2.42. The molecule has 0 spiro atoms. The lowest BCUT2D eigenvalue weighted by molar-refractivity contribution is 0.386. The van der Waals surface area contributed by atoms with Gasteiger partial charge in [-0.1, -0.05) is 35.9 Å². The van der Waals surface area contributed by atoms with E-state index in [4.69, 9.17) is 11.6 Å². The minimum Gasteiger partial charge on any atom is -0.207 e. The van der Waals surface area contributed by atoms with E-state index in [2.05, 4.69) is 44.9 Å². The Morgan fingerprint density at radius 3 is 2.21 bits per heavy atom. The summed E-state index contributed by atoms with van der Waals surface area (Å²) in [7, 11) is -3.56. The molecule has 3 nitrogen and oxygen atoms in total. The van der Waals surface area contributed by atoms with E-state index in [1.165, 1.54) is 11.1 Å². The molecule has 1 saturated carbocycles. The van der Waals surface area contributed by atoms with Crippen molar-refractivity contribution in [3.05, 3.63) is 50.3 Å². The van der Waals surface area contributed by atoms with Crippen molar-refractivity contribution >= 4 is 48.9 Å². The van der Waals surface area contributed by atoms with Gasteiger partial charge < -0.3 is 0 Å². The molecular formula is C17H17BrClNO2S2. The van der Waals surface area contributed by atoms with Crippen molar-refractivity contribution < 1.29 is 8.42 Å². The molecular weight excluding hydrogens is 430 g/mol. The maximum atomic E-state index is 12.8. The number of thiophene rings is 1. The molecule has 2 bridgehead atoms. The van der Waals surface area contributed by atoms with Crippen molar-refractivity contribution in [1.82, 2.24) is 4.72 Å². The lowest BCUT2D eigenvalue weighted by Crippen LogP contribution is -2.41. The summed E-state index contributed by atoms with van der Waals surface area (Å²) in [5.41, 5.74) is 2.74. The van der Waals surface area contributed by atoms with Gasteiger partial charge in [-0.15, -0.1) is 11.3 Å². The monoisotopic (exact) mass is 445 g/mol. The number of hydrogen-bond donors (Lipinski definition) is 1. The third-order valence-corrected chi connectivity index (χ3v) is 9.58. The second-order valence-corrected chi connectivity index (χ2v) is 11.1. The Morgan fingerprint density at radius 1 is 1.12 bits per heavy atom. The highest BCUT2D eigenvalue weighted by molar-refractivity contribution is 9.10. The van der Waals surface area contributed by atoms with E-state index in [1.807, 2.05) is 0 Å². The van der Waals surface area contributed by atoms with Crippen LogP contribution in [0.2, 0.25) is 4.34 Å². The molecule has 128 valence electrons. The maximum Gasteiger partial charge on any atom is 0.251 e. The average Bonchev–Trinajstić information content (AvgIpc) is 2.99. The Morgan fingerprint density at radius 2 is 1.71 bits per heavy atom. The Balaban J connectivity index is 1.63. The molecule has 2 aromatic rings. The SMILES string of the molecule is O=S(=O)(NC1C2CCC1Cc1ccccc1C2)c1sc(Cl)cc1Br. The summed E-state index contributed by atoms with van der Waals surface area (Å²) in [6.07, 6.45) is 4.07. The zero-order chi connectivity index (χ0) is 16.9. The third kappa shape index (κ3) is 3.07. The molecule has 2 aliphatic carbocycles. The van der Waals surface area contributed by atoms with E-state index in [0.29, 0.717) is 20.6 Å². The van der Waals surface area contributed by atoms with Gasteiger partial charge in [0.25, 0.3) is 10.0 Å². The van der Waals surface area contributed by atoms with Crippen LogP contribution in [-0.4, -0.2) is 14.5 Å². The van der Waals surface area contributed by atoms with Gasteiger partial charge in [-0.05, 0) is 70.6 Å². The minimum atomic E-state index is -3.56. The molecule has 0 radical (unpaired) electrons. The largest absolute Gasteiger partial charge is 0.251 e. The normalized spacial score (nSPS) is 26.2. The maximum absolute atomic E-state index is 12.8. The highest BCUT2D eigenvalue weighted by atomic mass is 79.9. The quantitative estimate of drug-likeness (QED) is 0.747. The second-order valence-electron chi connectivity index (χ2n) is 6.61. The first-order valence-electron chi connectivity index (χ1n) is 7.98. The van der Waals surface area contributed by atoms with Crippen LogP contribution in [0, 0.1) is 11.8 Å². The lowest BCUT2D eigenvalue weighted by Gasteiger charge is -2.23. The minimum absolute atomic E-state index is 0.00447. The Hall–Kier alpha value is -0.400. The third-order valence-electron chi connectivity index (χ3n) is 5.17. The Kier molecular flexibility index (Phi) is 4.54. The zero-order valence-electron chi connectivity index (χ0n) is 12.8. The summed E-state index contributed by atoms with van der Waals surface area (Å²) in [5, 5.41) is 0.